The van der Waals surface area contributed by atoms with E-state index in [2.05, 4.69) is 10.3 Å². The Morgan fingerprint density at radius 1 is 1.65 bits per heavy atom. The lowest BCUT2D eigenvalue weighted by Gasteiger charge is -2.29. The van der Waals surface area contributed by atoms with E-state index in [-0.39, 0.29) is 10.7 Å². The van der Waals surface area contributed by atoms with Crippen LogP contribution in [0.5, 0.6) is 0 Å². The molecule has 1 amide bonds. The molecule has 0 saturated heterocycles. The van der Waals surface area contributed by atoms with Gasteiger partial charge in [-0.25, -0.2) is 9.37 Å². The number of hydrogen-bond acceptors (Lipinski definition) is 3. The molecule has 4 nitrogen and oxygen atoms in total. The zero-order valence-electron chi connectivity index (χ0n) is 9.79. The Balaban J connectivity index is 2.94. The van der Waals surface area contributed by atoms with Crippen molar-refractivity contribution in [2.24, 2.45) is 0 Å². The van der Waals surface area contributed by atoms with Crippen molar-refractivity contribution in [2.45, 2.75) is 32.4 Å². The molecular weight excluding hydrogens is 247 g/mol. The summed E-state index contributed by atoms with van der Waals surface area (Å²) >= 11 is 5.70. The Morgan fingerprint density at radius 2 is 2.24 bits per heavy atom. The molecule has 6 heteroatoms. The van der Waals surface area contributed by atoms with E-state index in [0.717, 1.165) is 12.3 Å². The van der Waals surface area contributed by atoms with Gasteiger partial charge in [0.05, 0.1) is 23.4 Å². The molecule has 0 aliphatic carbocycles. The Morgan fingerprint density at radius 3 is 2.76 bits per heavy atom. The topological polar surface area (TPSA) is 62.2 Å². The standard InChI is InChI=1S/C11H14ClFN2O2/c1-6(16)11(2,3)15-10(17)8-4-7(13)5-14-9(8)12/h4-6,16H,1-3H3,(H,15,17). The van der Waals surface area contributed by atoms with Gasteiger partial charge in [0.2, 0.25) is 0 Å². The predicted octanol–water partition coefficient (Wildman–Crippen LogP) is 1.76. The Kier molecular flexibility index (Phi) is 4.06. The van der Waals surface area contributed by atoms with Crippen molar-refractivity contribution in [3.05, 3.63) is 28.8 Å². The van der Waals surface area contributed by atoms with E-state index in [0.29, 0.717) is 0 Å². The SMILES string of the molecule is CC(O)C(C)(C)NC(=O)c1cc(F)cnc1Cl. The number of halogens is 2. The highest BCUT2D eigenvalue weighted by Crippen LogP contribution is 2.16. The molecule has 0 saturated carbocycles. The number of aromatic nitrogens is 1. The van der Waals surface area contributed by atoms with Crippen molar-refractivity contribution in [3.63, 3.8) is 0 Å². The second-order valence-corrected chi connectivity index (χ2v) is 4.70. The van der Waals surface area contributed by atoms with Gasteiger partial charge in [-0.2, -0.15) is 0 Å². The summed E-state index contributed by atoms with van der Waals surface area (Å²) in [6.45, 7) is 4.85. The van der Waals surface area contributed by atoms with E-state index >= 15 is 0 Å². The summed E-state index contributed by atoms with van der Waals surface area (Å²) < 4.78 is 12.9. The molecule has 0 spiro atoms. The number of nitrogens with zero attached hydrogens (tertiary/aromatic N) is 1. The van der Waals surface area contributed by atoms with E-state index in [1.165, 1.54) is 0 Å². The van der Waals surface area contributed by atoms with E-state index in [1.807, 2.05) is 0 Å². The van der Waals surface area contributed by atoms with Crippen LogP contribution in [0.25, 0.3) is 0 Å². The first kappa shape index (κ1) is 13.9. The summed E-state index contributed by atoms with van der Waals surface area (Å²) in [6, 6.07) is 1.00. The summed E-state index contributed by atoms with van der Waals surface area (Å²) in [6.07, 6.45) is 0.172. The van der Waals surface area contributed by atoms with Crippen LogP contribution in [0.3, 0.4) is 0 Å². The summed E-state index contributed by atoms with van der Waals surface area (Å²) in [5.74, 6) is -1.22. The van der Waals surface area contributed by atoms with Gasteiger partial charge in [-0.1, -0.05) is 11.6 Å². The molecule has 17 heavy (non-hydrogen) atoms. The van der Waals surface area contributed by atoms with Gasteiger partial charge in [0.15, 0.2) is 0 Å². The number of aliphatic hydroxyl groups excluding tert-OH is 1. The number of rotatable bonds is 3. The molecule has 94 valence electrons. The average molecular weight is 261 g/mol. The van der Waals surface area contributed by atoms with Crippen molar-refractivity contribution in [1.29, 1.82) is 0 Å². The molecule has 0 aromatic carbocycles. The van der Waals surface area contributed by atoms with Crippen LogP contribution in [0.2, 0.25) is 5.15 Å². The number of nitrogens with one attached hydrogen (secondary N) is 1. The lowest BCUT2D eigenvalue weighted by molar-refractivity contribution is 0.0709. The summed E-state index contributed by atoms with van der Waals surface area (Å²) in [5.41, 5.74) is -0.896. The molecule has 0 aliphatic rings. The lowest BCUT2D eigenvalue weighted by Crippen LogP contribution is -2.51. The molecule has 2 N–H and O–H groups in total. The first-order chi connectivity index (χ1) is 7.74. The van der Waals surface area contributed by atoms with E-state index in [1.54, 1.807) is 20.8 Å². The third-order valence-electron chi connectivity index (χ3n) is 2.53. The van der Waals surface area contributed by atoms with Crippen molar-refractivity contribution in [1.82, 2.24) is 10.3 Å². The zero-order valence-corrected chi connectivity index (χ0v) is 10.5. The minimum absolute atomic E-state index is 0.0552. The summed E-state index contributed by atoms with van der Waals surface area (Å²) in [4.78, 5) is 15.4. The fourth-order valence-electron chi connectivity index (χ4n) is 1.05. The zero-order chi connectivity index (χ0) is 13.2. The third kappa shape index (κ3) is 3.38. The van der Waals surface area contributed by atoms with Crippen LogP contribution in [0, 0.1) is 5.82 Å². The van der Waals surface area contributed by atoms with Gasteiger partial charge in [-0.3, -0.25) is 4.79 Å². The van der Waals surface area contributed by atoms with Gasteiger partial charge in [0.25, 0.3) is 5.91 Å². The number of amides is 1. The molecule has 1 aromatic heterocycles. The molecule has 0 fully saturated rings. The van der Waals surface area contributed by atoms with E-state index in [4.69, 9.17) is 11.6 Å². The highest BCUT2D eigenvalue weighted by Gasteiger charge is 2.27. The second kappa shape index (κ2) is 4.98. The average Bonchev–Trinajstić information content (AvgIpc) is 2.20. The maximum atomic E-state index is 12.9. The van der Waals surface area contributed by atoms with Crippen molar-refractivity contribution in [3.8, 4) is 0 Å². The number of carbonyl (C=O) groups is 1. The van der Waals surface area contributed by atoms with Crippen LogP contribution in [0.1, 0.15) is 31.1 Å². The van der Waals surface area contributed by atoms with Gasteiger partial charge in [0.1, 0.15) is 11.0 Å². The monoisotopic (exact) mass is 260 g/mol. The van der Waals surface area contributed by atoms with Crippen LogP contribution in [0.15, 0.2) is 12.3 Å². The number of carbonyl (C=O) groups excluding carboxylic acids is 1. The second-order valence-electron chi connectivity index (χ2n) is 4.34. The van der Waals surface area contributed by atoms with Gasteiger partial charge in [-0.05, 0) is 26.8 Å². The molecule has 0 radical (unpaired) electrons. The normalized spacial score (nSPS) is 13.3. The molecule has 1 aromatic rings. The van der Waals surface area contributed by atoms with Crippen molar-refractivity contribution >= 4 is 17.5 Å². The fraction of sp³-hybridized carbons (Fsp3) is 0.455. The number of aliphatic hydroxyl groups is 1. The molecule has 1 heterocycles. The smallest absolute Gasteiger partial charge is 0.255 e. The number of pyridine rings is 1. The molecule has 1 atom stereocenters. The third-order valence-corrected chi connectivity index (χ3v) is 2.83. The molecule has 1 unspecified atom stereocenters. The van der Waals surface area contributed by atoms with Crippen molar-refractivity contribution in [2.75, 3.05) is 0 Å². The van der Waals surface area contributed by atoms with Crippen LogP contribution in [-0.2, 0) is 0 Å². The van der Waals surface area contributed by atoms with Crippen molar-refractivity contribution < 1.29 is 14.3 Å². The largest absolute Gasteiger partial charge is 0.391 e. The maximum absolute atomic E-state index is 12.9. The van der Waals surface area contributed by atoms with E-state index in [9.17, 15) is 14.3 Å². The number of hydrogen-bond donors (Lipinski definition) is 2. The quantitative estimate of drug-likeness (QED) is 0.814. The molecule has 1 rings (SSSR count). The lowest BCUT2D eigenvalue weighted by atomic mass is 9.98. The first-order valence-electron chi connectivity index (χ1n) is 5.05. The Bertz CT molecular complexity index is 435. The molecular formula is C11H14ClFN2O2. The molecule has 0 bridgehead atoms. The minimum atomic E-state index is -0.841. The van der Waals surface area contributed by atoms with Gasteiger partial charge in [-0.15, -0.1) is 0 Å². The van der Waals surface area contributed by atoms with Gasteiger partial charge in [0, 0.05) is 0 Å². The van der Waals surface area contributed by atoms with Gasteiger partial charge < -0.3 is 10.4 Å². The minimum Gasteiger partial charge on any atom is -0.391 e. The molecule has 0 aliphatic heterocycles. The highest BCUT2D eigenvalue weighted by molar-refractivity contribution is 6.32. The fourth-order valence-corrected chi connectivity index (χ4v) is 1.24. The van der Waals surface area contributed by atoms with Gasteiger partial charge >= 0.3 is 0 Å². The highest BCUT2D eigenvalue weighted by atomic mass is 35.5. The van der Waals surface area contributed by atoms with E-state index < -0.39 is 23.4 Å². The van der Waals surface area contributed by atoms with Crippen LogP contribution in [0.4, 0.5) is 4.39 Å². The van der Waals surface area contributed by atoms with Crippen LogP contribution in [-0.4, -0.2) is 27.6 Å². The Hall–Kier alpha value is -1.20. The van der Waals surface area contributed by atoms with Crippen LogP contribution < -0.4 is 5.32 Å². The first-order valence-corrected chi connectivity index (χ1v) is 5.43. The maximum Gasteiger partial charge on any atom is 0.255 e. The summed E-state index contributed by atoms with van der Waals surface area (Å²) in [5, 5.41) is 11.9. The van der Waals surface area contributed by atoms with Crippen LogP contribution >= 0.6 is 11.6 Å². The predicted molar refractivity (Wildman–Crippen MR) is 62.4 cm³/mol. The Labute approximate surface area is 104 Å². The summed E-state index contributed by atoms with van der Waals surface area (Å²) in [7, 11) is 0.